The molecule has 8 rings (SSSR count). The van der Waals surface area contributed by atoms with Crippen LogP contribution in [0.15, 0.2) is 66.7 Å². The van der Waals surface area contributed by atoms with Gasteiger partial charge < -0.3 is 29.2 Å². The third-order valence-corrected chi connectivity index (χ3v) is 16.3. The van der Waals surface area contributed by atoms with Crippen molar-refractivity contribution in [3.63, 3.8) is 0 Å². The van der Waals surface area contributed by atoms with E-state index in [1.54, 1.807) is 45.9 Å². The van der Waals surface area contributed by atoms with Crippen LogP contribution in [-0.4, -0.2) is 53.9 Å². The van der Waals surface area contributed by atoms with E-state index >= 15 is 0 Å². The van der Waals surface area contributed by atoms with E-state index in [9.17, 15) is 29.4 Å². The molecule has 3 aromatic rings. The van der Waals surface area contributed by atoms with Crippen molar-refractivity contribution >= 4 is 46.5 Å². The number of rotatable bonds is 9. The van der Waals surface area contributed by atoms with Crippen molar-refractivity contribution in [3.8, 4) is 17.6 Å². The van der Waals surface area contributed by atoms with Crippen LogP contribution in [-0.2, 0) is 78.2 Å². The van der Waals surface area contributed by atoms with E-state index < -0.39 is 51.1 Å². The molecule has 2 N–H and O–H groups in total. The van der Waals surface area contributed by atoms with Crippen LogP contribution in [0.1, 0.15) is 100 Å². The summed E-state index contributed by atoms with van der Waals surface area (Å²) in [5, 5.41) is 22.2. The Balaban J connectivity index is 0.00000578. The molecule has 12 heteroatoms. The number of aryl methyl sites for hydroxylation is 1. The summed E-state index contributed by atoms with van der Waals surface area (Å²) in [6.07, 6.45) is 5.37. The third-order valence-electron chi connectivity index (χ3n) is 15.6. The molecule has 0 amide bonds. The maximum absolute atomic E-state index is 14.1. The fraction of sp³-hybridized carbons (Fsp3) is 0.480. The van der Waals surface area contributed by atoms with Crippen LogP contribution in [0, 0.1) is 66.2 Å². The van der Waals surface area contributed by atoms with Crippen LogP contribution < -0.4 is 0 Å². The average molecular weight is 1050 g/mol. The second kappa shape index (κ2) is 16.2. The second-order valence-electron chi connectivity index (χ2n) is 18.9. The van der Waals surface area contributed by atoms with E-state index in [2.05, 4.69) is 47.4 Å². The minimum Gasteiger partial charge on any atom is -0.508 e. The number of carbonyl (C=O) groups excluding carboxylic acids is 4. The van der Waals surface area contributed by atoms with Gasteiger partial charge in [-0.05, 0) is 138 Å². The average Bonchev–Trinajstić information content (AvgIpc) is 3.93. The van der Waals surface area contributed by atoms with Gasteiger partial charge in [-0.2, -0.15) is 0 Å². The number of phenolic OH excluding ortho intramolecular Hbond substituents is 1. The largest absolute Gasteiger partial charge is 2.00 e. The van der Waals surface area contributed by atoms with Gasteiger partial charge in [-0.25, -0.2) is 0 Å². The summed E-state index contributed by atoms with van der Waals surface area (Å²) in [7, 11) is 2.36. The Morgan fingerprint density at radius 1 is 0.758 bits per heavy atom. The van der Waals surface area contributed by atoms with E-state index in [0.29, 0.717) is 41.1 Å². The third kappa shape index (κ3) is 6.62. The predicted molar refractivity (Wildman–Crippen MR) is 233 cm³/mol. The van der Waals surface area contributed by atoms with Gasteiger partial charge in [-0.1, -0.05) is 87.6 Å². The molecule has 330 valence electrons. The number of phenols is 1. The van der Waals surface area contributed by atoms with Crippen LogP contribution in [0.3, 0.4) is 0 Å². The monoisotopic (exact) mass is 1050 g/mol. The summed E-state index contributed by atoms with van der Waals surface area (Å²) >= 11 is 2.18. The van der Waals surface area contributed by atoms with E-state index in [-0.39, 0.29) is 50.9 Å². The quantitative estimate of drug-likeness (QED) is 0.0541. The van der Waals surface area contributed by atoms with Crippen molar-refractivity contribution in [2.45, 2.75) is 97.9 Å². The van der Waals surface area contributed by atoms with Crippen molar-refractivity contribution in [1.29, 1.82) is 0 Å². The number of esters is 4. The van der Waals surface area contributed by atoms with Crippen molar-refractivity contribution in [1.82, 2.24) is 0 Å². The SMILES string of the molecule is COC(=O)[C@]1([C@@]2(C(=O)OC)[C-](C(=O)OCc3ccc(C#C[C@]4(O)CC[C@H]5[C@@H]6CCc7cc(O)ccc7[C@H]6CC[C@@]54C)cc3)C2(C)C)[C-](C(=O)OCc2ccc(I)cc2)C1(C)C.[Pd+2]. The molecule has 7 atom stereocenters. The normalized spacial score (nSPS) is 30.4. The number of ether oxygens (including phenoxy) is 4. The minimum atomic E-state index is -1.90. The molecule has 0 aliphatic heterocycles. The number of fused-ring (bicyclic) bond motifs is 5. The molecular weight excluding hydrogens is 994 g/mol. The van der Waals surface area contributed by atoms with Crippen LogP contribution in [0.25, 0.3) is 0 Å². The predicted octanol–water partition coefficient (Wildman–Crippen LogP) is 7.97. The number of hydrogen-bond donors (Lipinski definition) is 2. The van der Waals surface area contributed by atoms with Gasteiger partial charge >= 0.3 is 20.4 Å². The topological polar surface area (TPSA) is 146 Å². The first-order valence-corrected chi connectivity index (χ1v) is 22.1. The zero-order valence-corrected chi connectivity index (χ0v) is 39.8. The van der Waals surface area contributed by atoms with E-state index in [1.165, 1.54) is 25.3 Å². The second-order valence-corrected chi connectivity index (χ2v) is 20.1. The first-order chi connectivity index (χ1) is 28.8. The van der Waals surface area contributed by atoms with Gasteiger partial charge in [-0.3, -0.25) is 31.0 Å². The molecule has 10 nitrogen and oxygen atoms in total. The number of methoxy groups -OCH3 is 2. The maximum Gasteiger partial charge on any atom is 2.00 e. The molecule has 4 fully saturated rings. The Labute approximate surface area is 391 Å². The summed E-state index contributed by atoms with van der Waals surface area (Å²) in [4.78, 5) is 56.0. The molecule has 0 aromatic heterocycles. The number of hydrogen-bond acceptors (Lipinski definition) is 10. The van der Waals surface area contributed by atoms with Crippen molar-refractivity contribution < 1.29 is 68.8 Å². The molecule has 0 bridgehead atoms. The number of aliphatic hydroxyl groups is 1. The van der Waals surface area contributed by atoms with Crippen LogP contribution in [0.4, 0.5) is 0 Å². The molecule has 0 radical (unpaired) electrons. The molecule has 0 heterocycles. The summed E-state index contributed by atoms with van der Waals surface area (Å²) in [5.74, 6) is 4.89. The summed E-state index contributed by atoms with van der Waals surface area (Å²) in [6, 6.07) is 20.5. The number of carbonyl (C=O) groups is 4. The summed E-state index contributed by atoms with van der Waals surface area (Å²) < 4.78 is 23.2. The fourth-order valence-corrected chi connectivity index (χ4v) is 12.8. The van der Waals surface area contributed by atoms with Crippen molar-refractivity contribution in [2.75, 3.05) is 14.2 Å². The molecule has 5 aliphatic rings. The first kappa shape index (κ1) is 46.0. The van der Waals surface area contributed by atoms with Gasteiger partial charge in [0, 0.05) is 14.5 Å². The zero-order valence-electron chi connectivity index (χ0n) is 36.1. The Morgan fingerprint density at radius 2 is 1.29 bits per heavy atom. The van der Waals surface area contributed by atoms with E-state index in [4.69, 9.17) is 18.9 Å². The van der Waals surface area contributed by atoms with Gasteiger partial charge in [0.1, 0.15) is 24.6 Å². The molecule has 0 saturated heterocycles. The molecule has 5 aliphatic carbocycles. The number of halogens is 1. The molecule has 0 spiro atoms. The van der Waals surface area contributed by atoms with Crippen molar-refractivity contribution in [3.05, 3.63) is 110 Å². The Morgan fingerprint density at radius 3 is 1.82 bits per heavy atom. The number of benzene rings is 3. The van der Waals surface area contributed by atoms with Gasteiger partial charge in [0.05, 0.1) is 14.2 Å². The van der Waals surface area contributed by atoms with Crippen LogP contribution in [0.2, 0.25) is 0 Å². The van der Waals surface area contributed by atoms with Gasteiger partial charge in [0.15, 0.2) is 11.9 Å². The standard InChI is InChI=1S/C50H53IO10.Pd/c1-45(2)39(49(45,43(55)58-6)50(44(56)59-7)40(46(50,3)4)42(54)61-28-31-12-15-33(51)16-13-31)41(53)60-27-30-10-8-29(9-11-30)20-24-48(57)25-22-38-37-18-14-32-26-34(52)17-19-35(32)36(37)21-23-47(38,48)5;/h8-13,15-17,19,26,36-38,52,57H,14,18,21-23,25,27-28H2,1-7H3;/q-2;+2/t36-,37-,38+,47+,48+,49-,50-;/m1./s1. The Bertz CT molecular complexity index is 2350. The molecule has 4 saturated carbocycles. The first-order valence-electron chi connectivity index (χ1n) is 21.0. The van der Waals surface area contributed by atoms with Crippen LogP contribution in [0.5, 0.6) is 5.75 Å². The Kier molecular flexibility index (Phi) is 12.0. The van der Waals surface area contributed by atoms with E-state index in [1.807, 2.05) is 42.5 Å². The van der Waals surface area contributed by atoms with Gasteiger partial charge in [0.25, 0.3) is 11.9 Å². The molecular formula is C50H53IO10Pd. The van der Waals surface area contributed by atoms with Crippen molar-refractivity contribution in [2.24, 2.45) is 38.9 Å². The summed E-state index contributed by atoms with van der Waals surface area (Å²) in [6.45, 7) is 8.66. The molecule has 62 heavy (non-hydrogen) atoms. The zero-order chi connectivity index (χ0) is 43.9. The van der Waals surface area contributed by atoms with Gasteiger partial charge in [0.2, 0.25) is 0 Å². The summed E-state index contributed by atoms with van der Waals surface area (Å²) in [5.41, 5.74) is -3.05. The fourth-order valence-electron chi connectivity index (χ4n) is 12.4. The smallest absolute Gasteiger partial charge is 0.508 e. The maximum atomic E-state index is 14.1. The van der Waals surface area contributed by atoms with E-state index in [0.717, 1.165) is 41.2 Å². The van der Waals surface area contributed by atoms with Gasteiger partial charge in [-0.15, -0.1) is 10.8 Å². The number of aromatic hydroxyl groups is 1. The minimum absolute atomic E-state index is 0. The van der Waals surface area contributed by atoms with Crippen LogP contribution >= 0.6 is 22.6 Å². The Hall–Kier alpha value is -4.01. The molecule has 0 unspecified atom stereocenters. The molecule has 3 aromatic carbocycles.